The van der Waals surface area contributed by atoms with E-state index in [0.717, 1.165) is 47.9 Å². The van der Waals surface area contributed by atoms with E-state index in [1.165, 1.54) is 12.1 Å². The molecule has 0 spiro atoms. The van der Waals surface area contributed by atoms with Crippen LogP contribution in [-0.4, -0.2) is 33.3 Å². The summed E-state index contributed by atoms with van der Waals surface area (Å²) < 4.78 is 42.5. The molecular weight excluding hydrogens is 419 g/mol. The number of anilines is 1. The zero-order chi connectivity index (χ0) is 22.5. The molecule has 6 nitrogen and oxygen atoms in total. The molecule has 32 heavy (non-hydrogen) atoms. The monoisotopic (exact) mass is 441 g/mol. The fourth-order valence-corrected chi connectivity index (χ4v) is 4.39. The van der Waals surface area contributed by atoms with E-state index < -0.39 is 11.7 Å². The molecule has 0 radical (unpaired) electrons. The fraction of sp³-hybridized carbons (Fsp3) is 0.304. The van der Waals surface area contributed by atoms with Crippen molar-refractivity contribution in [3.05, 3.63) is 54.2 Å². The lowest BCUT2D eigenvalue weighted by atomic mass is 10.0. The molecule has 1 saturated heterocycles. The lowest BCUT2D eigenvalue weighted by Crippen LogP contribution is -2.18. The predicted octanol–water partition coefficient (Wildman–Crippen LogP) is 4.47. The molecule has 166 valence electrons. The number of rotatable bonds is 4. The van der Waals surface area contributed by atoms with Crippen molar-refractivity contribution in [1.82, 2.24) is 19.7 Å². The second kappa shape index (κ2) is 7.67. The van der Waals surface area contributed by atoms with Gasteiger partial charge in [-0.05, 0) is 67.9 Å². The van der Waals surface area contributed by atoms with Crippen molar-refractivity contribution in [2.75, 3.05) is 18.4 Å². The van der Waals surface area contributed by atoms with Crippen LogP contribution >= 0.6 is 0 Å². The number of halogens is 3. The zero-order valence-corrected chi connectivity index (χ0v) is 17.4. The van der Waals surface area contributed by atoms with Crippen LogP contribution in [0.2, 0.25) is 0 Å². The van der Waals surface area contributed by atoms with Gasteiger partial charge in [-0.3, -0.25) is 14.0 Å². The first kappa shape index (κ1) is 20.6. The Morgan fingerprint density at radius 1 is 1.19 bits per heavy atom. The van der Waals surface area contributed by atoms with E-state index >= 15 is 0 Å². The Hall–Kier alpha value is -3.33. The molecule has 1 aliphatic rings. The predicted molar refractivity (Wildman–Crippen MR) is 117 cm³/mol. The van der Waals surface area contributed by atoms with Crippen LogP contribution in [0.15, 0.2) is 48.7 Å². The molecule has 0 bridgehead atoms. The maximum atomic E-state index is 13.0. The smallest absolute Gasteiger partial charge is 0.326 e. The number of benzene rings is 2. The standard InChI is InChI=1S/C23H22F3N5O/c1-30-13-19-18-11-16(28-21(32)10-14-8-9-27-12-14)4-7-20(18)31(22(19)29-30)17-5-2-15(3-6-17)23(24,25)26/h2-7,11,13-14,27H,8-10,12H2,1H3,(H,28,32). The Labute approximate surface area is 182 Å². The average Bonchev–Trinajstić information content (AvgIpc) is 3.44. The number of aromatic nitrogens is 3. The number of alkyl halides is 3. The molecule has 1 aliphatic heterocycles. The van der Waals surface area contributed by atoms with Crippen molar-refractivity contribution in [3.63, 3.8) is 0 Å². The van der Waals surface area contributed by atoms with Gasteiger partial charge in [0.1, 0.15) is 0 Å². The minimum atomic E-state index is -4.39. The molecule has 9 heteroatoms. The SMILES string of the molecule is Cn1cc2c3cc(NC(=O)CC4CCNC4)ccc3n(-c3ccc(C(F)(F)F)cc3)c2n1. The quantitative estimate of drug-likeness (QED) is 0.491. The summed E-state index contributed by atoms with van der Waals surface area (Å²) in [6.07, 6.45) is -1.05. The maximum absolute atomic E-state index is 13.0. The summed E-state index contributed by atoms with van der Waals surface area (Å²) in [5, 5.41) is 12.5. The summed E-state index contributed by atoms with van der Waals surface area (Å²) in [5.74, 6) is 0.326. The van der Waals surface area contributed by atoms with Crippen LogP contribution in [0.1, 0.15) is 18.4 Å². The Kier molecular flexibility index (Phi) is 4.93. The number of carbonyl (C=O) groups is 1. The summed E-state index contributed by atoms with van der Waals surface area (Å²) in [6, 6.07) is 10.6. The highest BCUT2D eigenvalue weighted by atomic mass is 19.4. The van der Waals surface area contributed by atoms with Gasteiger partial charge < -0.3 is 10.6 Å². The first-order valence-electron chi connectivity index (χ1n) is 10.5. The molecule has 1 amide bonds. The highest BCUT2D eigenvalue weighted by Gasteiger charge is 2.30. The van der Waals surface area contributed by atoms with Gasteiger partial charge in [0.05, 0.1) is 11.1 Å². The van der Waals surface area contributed by atoms with Gasteiger partial charge in [-0.1, -0.05) is 0 Å². The molecule has 3 heterocycles. The first-order chi connectivity index (χ1) is 15.3. The van der Waals surface area contributed by atoms with Gasteiger partial charge >= 0.3 is 6.18 Å². The van der Waals surface area contributed by atoms with Crippen LogP contribution in [-0.2, 0) is 18.0 Å². The third-order valence-corrected chi connectivity index (χ3v) is 5.92. The van der Waals surface area contributed by atoms with Gasteiger partial charge in [-0.15, -0.1) is 0 Å². The Morgan fingerprint density at radius 3 is 2.66 bits per heavy atom. The second-order valence-electron chi connectivity index (χ2n) is 8.26. The molecule has 0 aliphatic carbocycles. The van der Waals surface area contributed by atoms with Gasteiger partial charge in [0, 0.05) is 41.8 Å². The molecule has 2 N–H and O–H groups in total. The van der Waals surface area contributed by atoms with E-state index in [1.54, 1.807) is 11.7 Å². The molecule has 2 aromatic heterocycles. The van der Waals surface area contributed by atoms with Crippen molar-refractivity contribution >= 4 is 33.5 Å². The Balaban J connectivity index is 1.53. The molecule has 4 aromatic rings. The average molecular weight is 441 g/mol. The van der Waals surface area contributed by atoms with Crippen molar-refractivity contribution in [2.45, 2.75) is 19.0 Å². The van der Waals surface area contributed by atoms with Crippen molar-refractivity contribution in [2.24, 2.45) is 13.0 Å². The van der Waals surface area contributed by atoms with Crippen molar-refractivity contribution in [1.29, 1.82) is 0 Å². The molecular formula is C23H22F3N5O. The van der Waals surface area contributed by atoms with E-state index in [0.29, 0.717) is 29.4 Å². The van der Waals surface area contributed by atoms with Gasteiger partial charge in [-0.25, -0.2) is 0 Å². The van der Waals surface area contributed by atoms with Crippen molar-refractivity contribution < 1.29 is 18.0 Å². The van der Waals surface area contributed by atoms with Crippen LogP contribution in [0, 0.1) is 5.92 Å². The second-order valence-corrected chi connectivity index (χ2v) is 8.26. The summed E-state index contributed by atoms with van der Waals surface area (Å²) in [4.78, 5) is 12.5. The molecule has 2 aromatic carbocycles. The minimum absolute atomic E-state index is 0.0253. The molecule has 1 fully saturated rings. The summed E-state index contributed by atoms with van der Waals surface area (Å²) in [6.45, 7) is 1.80. The number of amides is 1. The summed E-state index contributed by atoms with van der Waals surface area (Å²) in [7, 11) is 1.80. The highest BCUT2D eigenvalue weighted by Crippen LogP contribution is 2.35. The van der Waals surface area contributed by atoms with Gasteiger partial charge in [0.2, 0.25) is 5.91 Å². The molecule has 1 unspecified atom stereocenters. The third-order valence-electron chi connectivity index (χ3n) is 5.92. The van der Waals surface area contributed by atoms with Gasteiger partial charge in [0.15, 0.2) is 5.65 Å². The number of nitrogens with one attached hydrogen (secondary N) is 2. The number of hydrogen-bond donors (Lipinski definition) is 2. The number of hydrogen-bond acceptors (Lipinski definition) is 3. The lowest BCUT2D eigenvalue weighted by molar-refractivity contribution is -0.137. The third kappa shape index (κ3) is 3.73. The molecule has 5 rings (SSSR count). The Bertz CT molecular complexity index is 1300. The summed E-state index contributed by atoms with van der Waals surface area (Å²) in [5.41, 5.74) is 2.02. The first-order valence-corrected chi connectivity index (χ1v) is 10.5. The van der Waals surface area contributed by atoms with Crippen LogP contribution in [0.4, 0.5) is 18.9 Å². The molecule has 0 saturated carbocycles. The van der Waals surface area contributed by atoms with E-state index in [4.69, 9.17) is 0 Å². The van der Waals surface area contributed by atoms with Gasteiger partial charge in [-0.2, -0.15) is 18.3 Å². The largest absolute Gasteiger partial charge is 0.416 e. The summed E-state index contributed by atoms with van der Waals surface area (Å²) >= 11 is 0. The van der Waals surface area contributed by atoms with Crippen LogP contribution in [0.3, 0.4) is 0 Å². The van der Waals surface area contributed by atoms with E-state index in [2.05, 4.69) is 15.7 Å². The van der Waals surface area contributed by atoms with Crippen LogP contribution in [0.5, 0.6) is 0 Å². The number of carbonyl (C=O) groups excluding carboxylic acids is 1. The van der Waals surface area contributed by atoms with E-state index in [-0.39, 0.29) is 5.91 Å². The number of fused-ring (bicyclic) bond motifs is 3. The topological polar surface area (TPSA) is 63.9 Å². The number of nitrogens with zero attached hydrogens (tertiary/aromatic N) is 3. The van der Waals surface area contributed by atoms with Crippen LogP contribution in [0.25, 0.3) is 27.6 Å². The van der Waals surface area contributed by atoms with Gasteiger partial charge in [0.25, 0.3) is 0 Å². The normalized spacial score (nSPS) is 16.8. The molecule has 1 atom stereocenters. The minimum Gasteiger partial charge on any atom is -0.326 e. The van der Waals surface area contributed by atoms with Crippen LogP contribution < -0.4 is 10.6 Å². The fourth-order valence-electron chi connectivity index (χ4n) is 4.39. The lowest BCUT2D eigenvalue weighted by Gasteiger charge is -2.11. The zero-order valence-electron chi connectivity index (χ0n) is 17.4. The number of aryl methyl sites for hydroxylation is 1. The Morgan fingerprint density at radius 2 is 1.97 bits per heavy atom. The van der Waals surface area contributed by atoms with E-state index in [1.807, 2.05) is 29.0 Å². The highest BCUT2D eigenvalue weighted by molar-refractivity contribution is 6.09. The maximum Gasteiger partial charge on any atom is 0.416 e. The van der Waals surface area contributed by atoms with Crippen molar-refractivity contribution in [3.8, 4) is 5.69 Å². The van der Waals surface area contributed by atoms with E-state index in [9.17, 15) is 18.0 Å².